The molecule has 2 unspecified atom stereocenters. The summed E-state index contributed by atoms with van der Waals surface area (Å²) in [6, 6.07) is 5.42. The number of nitrogens with zero attached hydrogens (tertiary/aromatic N) is 3. The van der Waals surface area contributed by atoms with Crippen LogP contribution in [-0.4, -0.2) is 46.5 Å². The van der Waals surface area contributed by atoms with Gasteiger partial charge < -0.3 is 0 Å². The van der Waals surface area contributed by atoms with E-state index in [1.807, 2.05) is 6.07 Å². The summed E-state index contributed by atoms with van der Waals surface area (Å²) >= 11 is 6.18. The second-order valence-electron chi connectivity index (χ2n) is 5.88. The van der Waals surface area contributed by atoms with Gasteiger partial charge >= 0.3 is 0 Å². The number of hydrogen-bond donors (Lipinski definition) is 0. The minimum atomic E-state index is 0.602. The average molecular weight is 280 g/mol. The summed E-state index contributed by atoms with van der Waals surface area (Å²) in [6.07, 6.45) is 5.87. The SMILES string of the molecule is CC1CN2CCCCC2CN1Cc1cccnc1Cl. The first-order chi connectivity index (χ1) is 9.24. The van der Waals surface area contributed by atoms with Crippen molar-refractivity contribution in [3.63, 3.8) is 0 Å². The Labute approximate surface area is 120 Å². The Kier molecular flexibility index (Phi) is 4.06. The maximum Gasteiger partial charge on any atom is 0.133 e. The topological polar surface area (TPSA) is 19.4 Å². The number of halogens is 1. The van der Waals surface area contributed by atoms with Crippen LogP contribution in [0.1, 0.15) is 31.7 Å². The molecule has 0 amide bonds. The van der Waals surface area contributed by atoms with Crippen LogP contribution in [0.5, 0.6) is 0 Å². The van der Waals surface area contributed by atoms with Gasteiger partial charge in [-0.3, -0.25) is 9.80 Å². The minimum absolute atomic E-state index is 0.602. The van der Waals surface area contributed by atoms with Gasteiger partial charge in [-0.15, -0.1) is 0 Å². The normalized spacial score (nSPS) is 29.2. The molecule has 104 valence electrons. The van der Waals surface area contributed by atoms with Gasteiger partial charge in [-0.2, -0.15) is 0 Å². The van der Waals surface area contributed by atoms with Gasteiger partial charge in [-0.05, 0) is 32.4 Å². The van der Waals surface area contributed by atoms with Crippen LogP contribution in [0.2, 0.25) is 5.15 Å². The highest BCUT2D eigenvalue weighted by molar-refractivity contribution is 6.30. The molecule has 3 heterocycles. The van der Waals surface area contributed by atoms with Crippen molar-refractivity contribution in [2.75, 3.05) is 19.6 Å². The molecule has 2 aliphatic rings. The van der Waals surface area contributed by atoms with Crippen molar-refractivity contribution in [1.82, 2.24) is 14.8 Å². The van der Waals surface area contributed by atoms with Crippen molar-refractivity contribution >= 4 is 11.6 Å². The molecule has 1 aromatic rings. The van der Waals surface area contributed by atoms with E-state index in [1.165, 1.54) is 38.9 Å². The molecule has 1 aromatic heterocycles. The summed E-state index contributed by atoms with van der Waals surface area (Å²) in [7, 11) is 0. The monoisotopic (exact) mass is 279 g/mol. The number of fused-ring (bicyclic) bond motifs is 1. The van der Waals surface area contributed by atoms with E-state index in [9.17, 15) is 0 Å². The fourth-order valence-electron chi connectivity index (χ4n) is 3.39. The van der Waals surface area contributed by atoms with Crippen LogP contribution in [0.25, 0.3) is 0 Å². The first-order valence-corrected chi connectivity index (χ1v) is 7.69. The van der Waals surface area contributed by atoms with Gasteiger partial charge in [0.15, 0.2) is 0 Å². The second-order valence-corrected chi connectivity index (χ2v) is 6.23. The first-order valence-electron chi connectivity index (χ1n) is 7.31. The van der Waals surface area contributed by atoms with Crippen molar-refractivity contribution in [2.45, 2.75) is 44.8 Å². The molecule has 0 spiro atoms. The second kappa shape index (κ2) is 5.78. The molecular weight excluding hydrogens is 258 g/mol. The lowest BCUT2D eigenvalue weighted by Gasteiger charge is -2.47. The van der Waals surface area contributed by atoms with E-state index in [4.69, 9.17) is 11.6 Å². The molecule has 2 fully saturated rings. The van der Waals surface area contributed by atoms with Crippen LogP contribution in [0.3, 0.4) is 0 Å². The number of rotatable bonds is 2. The maximum atomic E-state index is 6.18. The third kappa shape index (κ3) is 2.93. The molecule has 19 heavy (non-hydrogen) atoms. The van der Waals surface area contributed by atoms with Crippen LogP contribution >= 0.6 is 11.6 Å². The van der Waals surface area contributed by atoms with Gasteiger partial charge in [-0.25, -0.2) is 4.98 Å². The zero-order valence-corrected chi connectivity index (χ0v) is 12.3. The molecule has 0 aliphatic carbocycles. The van der Waals surface area contributed by atoms with E-state index in [-0.39, 0.29) is 0 Å². The highest BCUT2D eigenvalue weighted by Crippen LogP contribution is 2.26. The van der Waals surface area contributed by atoms with Crippen LogP contribution in [-0.2, 0) is 6.54 Å². The van der Waals surface area contributed by atoms with E-state index in [2.05, 4.69) is 27.8 Å². The summed E-state index contributed by atoms with van der Waals surface area (Å²) < 4.78 is 0. The fraction of sp³-hybridized carbons (Fsp3) is 0.667. The summed E-state index contributed by atoms with van der Waals surface area (Å²) in [5.74, 6) is 0. The number of piperidine rings is 1. The lowest BCUT2D eigenvalue weighted by molar-refractivity contribution is 0.0110. The Morgan fingerprint density at radius 3 is 3.11 bits per heavy atom. The van der Waals surface area contributed by atoms with Gasteiger partial charge in [0.25, 0.3) is 0 Å². The molecule has 2 saturated heterocycles. The van der Waals surface area contributed by atoms with Crippen molar-refractivity contribution in [3.8, 4) is 0 Å². The Morgan fingerprint density at radius 2 is 2.26 bits per heavy atom. The Hall–Kier alpha value is -0.640. The van der Waals surface area contributed by atoms with Gasteiger partial charge in [0.2, 0.25) is 0 Å². The van der Waals surface area contributed by atoms with Gasteiger partial charge in [0.05, 0.1) is 0 Å². The van der Waals surface area contributed by atoms with Gasteiger partial charge in [0, 0.05) is 43.5 Å². The fourth-order valence-corrected chi connectivity index (χ4v) is 3.57. The largest absolute Gasteiger partial charge is 0.298 e. The van der Waals surface area contributed by atoms with E-state index in [0.29, 0.717) is 11.2 Å². The molecule has 3 rings (SSSR count). The Bertz CT molecular complexity index is 437. The quantitative estimate of drug-likeness (QED) is 0.776. The lowest BCUT2D eigenvalue weighted by atomic mass is 9.97. The van der Waals surface area contributed by atoms with Crippen molar-refractivity contribution < 1.29 is 0 Å². The van der Waals surface area contributed by atoms with E-state index >= 15 is 0 Å². The van der Waals surface area contributed by atoms with Crippen molar-refractivity contribution in [3.05, 3.63) is 29.0 Å². The molecule has 0 N–H and O–H groups in total. The highest BCUT2D eigenvalue weighted by atomic mass is 35.5. The van der Waals surface area contributed by atoms with Crippen molar-refractivity contribution in [2.24, 2.45) is 0 Å². The Morgan fingerprint density at radius 1 is 1.37 bits per heavy atom. The summed E-state index contributed by atoms with van der Waals surface area (Å²) in [4.78, 5) is 9.42. The third-order valence-electron chi connectivity index (χ3n) is 4.53. The van der Waals surface area contributed by atoms with Gasteiger partial charge in [-0.1, -0.05) is 24.1 Å². The predicted molar refractivity (Wildman–Crippen MR) is 78.3 cm³/mol. The third-order valence-corrected chi connectivity index (χ3v) is 4.87. The van der Waals surface area contributed by atoms with Crippen LogP contribution < -0.4 is 0 Å². The zero-order valence-electron chi connectivity index (χ0n) is 11.6. The van der Waals surface area contributed by atoms with Crippen LogP contribution in [0, 0.1) is 0 Å². The smallest absolute Gasteiger partial charge is 0.133 e. The molecule has 3 nitrogen and oxygen atoms in total. The Balaban J connectivity index is 1.69. The zero-order chi connectivity index (χ0) is 13.2. The number of aromatic nitrogens is 1. The van der Waals surface area contributed by atoms with Crippen LogP contribution in [0.4, 0.5) is 0 Å². The summed E-state index contributed by atoms with van der Waals surface area (Å²) in [5, 5.41) is 0.653. The average Bonchev–Trinajstić information content (AvgIpc) is 2.42. The van der Waals surface area contributed by atoms with Gasteiger partial charge in [0.1, 0.15) is 5.15 Å². The predicted octanol–water partition coefficient (Wildman–Crippen LogP) is 2.79. The molecule has 0 saturated carbocycles. The molecule has 4 heteroatoms. The summed E-state index contributed by atoms with van der Waals surface area (Å²) in [5.41, 5.74) is 1.15. The standard InChI is InChI=1S/C15H22ClN3/c1-12-9-18-8-3-2-6-14(18)11-19(12)10-13-5-4-7-17-15(13)16/h4-5,7,12,14H,2-3,6,8-11H2,1H3. The van der Waals surface area contributed by atoms with Crippen molar-refractivity contribution in [1.29, 1.82) is 0 Å². The van der Waals surface area contributed by atoms with E-state index in [0.717, 1.165) is 18.2 Å². The first kappa shape index (κ1) is 13.3. The maximum absolute atomic E-state index is 6.18. The number of hydrogen-bond acceptors (Lipinski definition) is 3. The van der Waals surface area contributed by atoms with Crippen LogP contribution in [0.15, 0.2) is 18.3 Å². The van der Waals surface area contributed by atoms with E-state index < -0.39 is 0 Å². The minimum Gasteiger partial charge on any atom is -0.298 e. The molecule has 0 aromatic carbocycles. The van der Waals surface area contributed by atoms with E-state index in [1.54, 1.807) is 6.20 Å². The molecule has 2 aliphatic heterocycles. The highest BCUT2D eigenvalue weighted by Gasteiger charge is 2.32. The number of piperazine rings is 1. The summed E-state index contributed by atoms with van der Waals surface area (Å²) in [6.45, 7) is 6.92. The molecule has 0 radical (unpaired) electrons. The molecule has 0 bridgehead atoms. The molecular formula is C15H22ClN3. The molecule has 2 atom stereocenters. The lowest BCUT2D eigenvalue weighted by Crippen LogP contribution is -2.58. The number of pyridine rings is 1.